The summed E-state index contributed by atoms with van der Waals surface area (Å²) in [6.45, 7) is 0. The molecule has 0 atom stereocenters. The number of nitrogens with zero attached hydrogens (tertiary/aromatic N) is 2. The molecular weight excluding hydrogens is 314 g/mol. The number of rotatable bonds is 3. The summed E-state index contributed by atoms with van der Waals surface area (Å²) in [7, 11) is 0. The van der Waals surface area contributed by atoms with Gasteiger partial charge in [-0.1, -0.05) is 42.5 Å². The van der Waals surface area contributed by atoms with Gasteiger partial charge in [-0.2, -0.15) is 5.26 Å². The molecule has 0 saturated carbocycles. The Bertz CT molecular complexity index is 908. The molecule has 3 aromatic rings. The van der Waals surface area contributed by atoms with Crippen LogP contribution in [0.2, 0.25) is 0 Å². The molecule has 1 aromatic heterocycles. The summed E-state index contributed by atoms with van der Waals surface area (Å²) in [5.41, 5.74) is 1.90. The van der Waals surface area contributed by atoms with Crippen LogP contribution < -0.4 is 0 Å². The van der Waals surface area contributed by atoms with Crippen molar-refractivity contribution in [1.82, 2.24) is 4.98 Å². The Kier molecular flexibility index (Phi) is 4.26. The van der Waals surface area contributed by atoms with E-state index < -0.39 is 11.6 Å². The normalized spacial score (nSPS) is 11.3. The van der Waals surface area contributed by atoms with Gasteiger partial charge in [0.05, 0.1) is 11.3 Å². The van der Waals surface area contributed by atoms with Gasteiger partial charge in [0, 0.05) is 16.5 Å². The lowest BCUT2D eigenvalue weighted by atomic mass is 10.1. The zero-order valence-electron chi connectivity index (χ0n) is 11.8. The van der Waals surface area contributed by atoms with Crippen molar-refractivity contribution in [3.8, 4) is 17.3 Å². The fourth-order valence-corrected chi connectivity index (χ4v) is 2.86. The first kappa shape index (κ1) is 15.1. The topological polar surface area (TPSA) is 36.7 Å². The van der Waals surface area contributed by atoms with Gasteiger partial charge in [-0.3, -0.25) is 0 Å². The first-order valence-electron chi connectivity index (χ1n) is 6.76. The zero-order valence-corrected chi connectivity index (χ0v) is 12.6. The molecule has 5 heteroatoms. The lowest BCUT2D eigenvalue weighted by Gasteiger charge is -1.99. The van der Waals surface area contributed by atoms with Crippen LogP contribution in [0.1, 0.15) is 10.6 Å². The van der Waals surface area contributed by atoms with Crippen molar-refractivity contribution in [1.29, 1.82) is 5.26 Å². The van der Waals surface area contributed by atoms with E-state index in [4.69, 9.17) is 0 Å². The SMILES string of the molecule is N#C/C(=C/c1cccc(F)c1F)c1nc(-c2ccccc2)cs1. The summed E-state index contributed by atoms with van der Waals surface area (Å²) in [5, 5.41) is 11.6. The average molecular weight is 324 g/mol. The molecule has 1 heterocycles. The molecule has 0 amide bonds. The molecule has 0 aliphatic heterocycles. The molecular formula is C18H10F2N2S. The van der Waals surface area contributed by atoms with Gasteiger partial charge in [-0.05, 0) is 12.1 Å². The van der Waals surface area contributed by atoms with Crippen LogP contribution in [-0.4, -0.2) is 4.98 Å². The standard InChI is InChI=1S/C18H10F2N2S/c19-15-8-4-7-13(17(15)20)9-14(10-21)18-22-16(11-23-18)12-5-2-1-3-6-12/h1-9,11H/b14-9-. The van der Waals surface area contributed by atoms with Crippen molar-refractivity contribution in [3.63, 3.8) is 0 Å². The molecule has 3 rings (SSSR count). The minimum Gasteiger partial charge on any atom is -0.235 e. The van der Waals surface area contributed by atoms with E-state index in [0.717, 1.165) is 17.3 Å². The minimum atomic E-state index is -0.972. The smallest absolute Gasteiger partial charge is 0.166 e. The van der Waals surface area contributed by atoms with Crippen LogP contribution in [0.4, 0.5) is 8.78 Å². The van der Waals surface area contributed by atoms with Gasteiger partial charge < -0.3 is 0 Å². The second kappa shape index (κ2) is 6.51. The van der Waals surface area contributed by atoms with E-state index in [9.17, 15) is 14.0 Å². The number of hydrogen-bond acceptors (Lipinski definition) is 3. The summed E-state index contributed by atoms with van der Waals surface area (Å²) in [6, 6.07) is 15.4. The Morgan fingerprint density at radius 3 is 2.61 bits per heavy atom. The van der Waals surface area contributed by atoms with Gasteiger partial charge in [-0.15, -0.1) is 11.3 Å². The summed E-state index contributed by atoms with van der Waals surface area (Å²) in [4.78, 5) is 4.41. The van der Waals surface area contributed by atoms with Crippen molar-refractivity contribution in [3.05, 3.63) is 76.1 Å². The Morgan fingerprint density at radius 1 is 1.09 bits per heavy atom. The van der Waals surface area contributed by atoms with E-state index in [2.05, 4.69) is 4.98 Å². The lowest BCUT2D eigenvalue weighted by Crippen LogP contribution is -1.89. The largest absolute Gasteiger partial charge is 0.235 e. The maximum Gasteiger partial charge on any atom is 0.166 e. The van der Waals surface area contributed by atoms with E-state index >= 15 is 0 Å². The number of benzene rings is 2. The summed E-state index contributed by atoms with van der Waals surface area (Å²) < 4.78 is 27.0. The van der Waals surface area contributed by atoms with E-state index in [1.54, 1.807) is 0 Å². The number of hydrogen-bond donors (Lipinski definition) is 0. The lowest BCUT2D eigenvalue weighted by molar-refractivity contribution is 0.507. The summed E-state index contributed by atoms with van der Waals surface area (Å²) in [5.74, 6) is -1.92. The minimum absolute atomic E-state index is 0.0259. The molecule has 23 heavy (non-hydrogen) atoms. The second-order valence-corrected chi connectivity index (χ2v) is 5.57. The molecule has 2 nitrogen and oxygen atoms in total. The molecule has 0 saturated heterocycles. The predicted molar refractivity (Wildman–Crippen MR) is 87.4 cm³/mol. The number of halogens is 2. The maximum absolute atomic E-state index is 13.7. The molecule has 0 fully saturated rings. The maximum atomic E-state index is 13.7. The molecule has 0 radical (unpaired) electrons. The third kappa shape index (κ3) is 3.17. The summed E-state index contributed by atoms with van der Waals surface area (Å²) in [6.07, 6.45) is 1.31. The van der Waals surface area contributed by atoms with Crippen molar-refractivity contribution in [2.24, 2.45) is 0 Å². The average Bonchev–Trinajstić information content (AvgIpc) is 3.07. The highest BCUT2D eigenvalue weighted by atomic mass is 32.1. The third-order valence-electron chi connectivity index (χ3n) is 3.21. The van der Waals surface area contributed by atoms with Gasteiger partial charge in [0.1, 0.15) is 11.1 Å². The fourth-order valence-electron chi connectivity index (χ4n) is 2.07. The highest BCUT2D eigenvalue weighted by Crippen LogP contribution is 2.27. The third-order valence-corrected chi connectivity index (χ3v) is 4.08. The van der Waals surface area contributed by atoms with E-state index in [0.29, 0.717) is 5.01 Å². The fraction of sp³-hybridized carbons (Fsp3) is 0. The number of nitriles is 1. The quantitative estimate of drug-likeness (QED) is 0.625. The van der Waals surface area contributed by atoms with Crippen LogP contribution in [0.25, 0.3) is 22.9 Å². The first-order chi connectivity index (χ1) is 11.2. The van der Waals surface area contributed by atoms with Crippen LogP contribution in [-0.2, 0) is 0 Å². The highest BCUT2D eigenvalue weighted by Gasteiger charge is 2.11. The second-order valence-electron chi connectivity index (χ2n) is 4.72. The van der Waals surface area contributed by atoms with Gasteiger partial charge in [0.15, 0.2) is 11.6 Å². The van der Waals surface area contributed by atoms with Crippen molar-refractivity contribution < 1.29 is 8.78 Å². The van der Waals surface area contributed by atoms with E-state index in [1.807, 2.05) is 41.8 Å². The molecule has 0 aliphatic rings. The van der Waals surface area contributed by atoms with Crippen LogP contribution in [0.5, 0.6) is 0 Å². The number of thiazole rings is 1. The van der Waals surface area contributed by atoms with Crippen LogP contribution >= 0.6 is 11.3 Å². The Morgan fingerprint density at radius 2 is 1.87 bits per heavy atom. The molecule has 0 spiro atoms. The van der Waals surface area contributed by atoms with Crippen molar-refractivity contribution in [2.45, 2.75) is 0 Å². The van der Waals surface area contributed by atoms with Crippen LogP contribution in [0.15, 0.2) is 53.9 Å². The van der Waals surface area contributed by atoms with Crippen LogP contribution in [0, 0.1) is 23.0 Å². The molecule has 0 aliphatic carbocycles. The van der Waals surface area contributed by atoms with Gasteiger partial charge in [-0.25, -0.2) is 13.8 Å². The molecule has 112 valence electrons. The van der Waals surface area contributed by atoms with Crippen molar-refractivity contribution >= 4 is 23.0 Å². The summed E-state index contributed by atoms with van der Waals surface area (Å²) >= 11 is 1.29. The number of allylic oxidation sites excluding steroid dienone is 1. The predicted octanol–water partition coefficient (Wildman–Crippen LogP) is 5.15. The highest BCUT2D eigenvalue weighted by molar-refractivity contribution is 7.11. The van der Waals surface area contributed by atoms with Gasteiger partial charge in [0.25, 0.3) is 0 Å². The van der Waals surface area contributed by atoms with Crippen molar-refractivity contribution in [2.75, 3.05) is 0 Å². The van der Waals surface area contributed by atoms with Crippen LogP contribution in [0.3, 0.4) is 0 Å². The molecule has 0 unspecified atom stereocenters. The monoisotopic (exact) mass is 324 g/mol. The zero-order chi connectivity index (χ0) is 16.2. The van der Waals surface area contributed by atoms with Gasteiger partial charge >= 0.3 is 0 Å². The number of aromatic nitrogens is 1. The van der Waals surface area contributed by atoms with Gasteiger partial charge in [0.2, 0.25) is 0 Å². The van der Waals surface area contributed by atoms with E-state index in [1.165, 1.54) is 29.5 Å². The Hall–Kier alpha value is -2.84. The Labute approximate surface area is 136 Å². The molecule has 2 aromatic carbocycles. The Balaban J connectivity index is 1.99. The molecule has 0 bridgehead atoms. The van der Waals surface area contributed by atoms with E-state index in [-0.39, 0.29) is 11.1 Å². The first-order valence-corrected chi connectivity index (χ1v) is 7.64. The molecule has 0 N–H and O–H groups in total.